The SMILES string of the molecule is CCOC(=O)c1c(C)nc2sc(C#N)c(N)c2c1-c1ccc(OC)cc1. The van der Waals surface area contributed by atoms with E-state index >= 15 is 0 Å². The molecule has 3 rings (SSSR count). The van der Waals surface area contributed by atoms with E-state index in [1.165, 1.54) is 11.3 Å². The summed E-state index contributed by atoms with van der Waals surface area (Å²) < 4.78 is 10.4. The first-order valence-corrected chi connectivity index (χ1v) is 8.77. The van der Waals surface area contributed by atoms with Gasteiger partial charge in [-0.05, 0) is 31.5 Å². The summed E-state index contributed by atoms with van der Waals surface area (Å²) in [4.78, 5) is 18.1. The van der Waals surface area contributed by atoms with Gasteiger partial charge in [-0.1, -0.05) is 12.1 Å². The number of methoxy groups -OCH3 is 1. The Hall–Kier alpha value is -3.11. The first kappa shape index (κ1) is 17.7. The van der Waals surface area contributed by atoms with Crippen LogP contribution in [0, 0.1) is 18.3 Å². The molecule has 0 saturated carbocycles. The van der Waals surface area contributed by atoms with Crippen LogP contribution >= 0.6 is 11.3 Å². The number of nitrogens with zero attached hydrogens (tertiary/aromatic N) is 2. The first-order valence-electron chi connectivity index (χ1n) is 7.96. The van der Waals surface area contributed by atoms with Crippen LogP contribution in [0.4, 0.5) is 5.69 Å². The lowest BCUT2D eigenvalue weighted by Crippen LogP contribution is -2.10. The van der Waals surface area contributed by atoms with Gasteiger partial charge in [0.2, 0.25) is 0 Å². The van der Waals surface area contributed by atoms with Gasteiger partial charge in [0.1, 0.15) is 21.5 Å². The summed E-state index contributed by atoms with van der Waals surface area (Å²) >= 11 is 1.21. The maximum absolute atomic E-state index is 12.6. The van der Waals surface area contributed by atoms with E-state index in [9.17, 15) is 10.1 Å². The van der Waals surface area contributed by atoms with Gasteiger partial charge in [0.05, 0.1) is 30.7 Å². The molecule has 2 aromatic heterocycles. The minimum atomic E-state index is -0.464. The van der Waals surface area contributed by atoms with E-state index in [1.54, 1.807) is 33.1 Å². The van der Waals surface area contributed by atoms with E-state index in [-0.39, 0.29) is 6.61 Å². The Bertz CT molecular complexity index is 1030. The molecule has 0 unspecified atom stereocenters. The monoisotopic (exact) mass is 367 g/mol. The van der Waals surface area contributed by atoms with Gasteiger partial charge in [-0.25, -0.2) is 9.78 Å². The summed E-state index contributed by atoms with van der Waals surface area (Å²) in [5.41, 5.74) is 8.84. The maximum atomic E-state index is 12.6. The number of nitrogen functional groups attached to an aromatic ring is 1. The molecule has 0 atom stereocenters. The molecule has 26 heavy (non-hydrogen) atoms. The average molecular weight is 367 g/mol. The zero-order chi connectivity index (χ0) is 18.8. The van der Waals surface area contributed by atoms with Crippen molar-refractivity contribution in [2.45, 2.75) is 13.8 Å². The molecule has 6 nitrogen and oxygen atoms in total. The van der Waals surface area contributed by atoms with Crippen LogP contribution in [-0.4, -0.2) is 24.7 Å². The van der Waals surface area contributed by atoms with Crippen LogP contribution in [0.15, 0.2) is 24.3 Å². The van der Waals surface area contributed by atoms with Crippen LogP contribution in [0.3, 0.4) is 0 Å². The Kier molecular flexibility index (Phi) is 4.78. The molecule has 0 radical (unpaired) electrons. The van der Waals surface area contributed by atoms with Gasteiger partial charge in [-0.3, -0.25) is 0 Å². The van der Waals surface area contributed by atoms with Crippen molar-refractivity contribution in [3.63, 3.8) is 0 Å². The molecule has 2 N–H and O–H groups in total. The number of nitrogens with two attached hydrogens (primary N) is 1. The van der Waals surface area contributed by atoms with E-state index in [0.29, 0.717) is 43.4 Å². The molecule has 0 spiro atoms. The number of ether oxygens (including phenoxy) is 2. The highest BCUT2D eigenvalue weighted by molar-refractivity contribution is 7.20. The zero-order valence-electron chi connectivity index (χ0n) is 14.6. The van der Waals surface area contributed by atoms with Crippen molar-refractivity contribution in [2.75, 3.05) is 19.5 Å². The highest BCUT2D eigenvalue weighted by Crippen LogP contribution is 2.42. The lowest BCUT2D eigenvalue weighted by molar-refractivity contribution is 0.0526. The third kappa shape index (κ3) is 2.85. The zero-order valence-corrected chi connectivity index (χ0v) is 15.4. The predicted molar refractivity (Wildman–Crippen MR) is 101 cm³/mol. The lowest BCUT2D eigenvalue weighted by atomic mass is 9.95. The standard InChI is InChI=1S/C19H17N3O3S/c1-4-25-19(23)14-10(2)22-18-16(17(21)13(9-20)26-18)15(14)11-5-7-12(24-3)8-6-11/h5-8H,4,21H2,1-3H3. The van der Waals surface area contributed by atoms with Crippen LogP contribution in [0.2, 0.25) is 0 Å². The number of rotatable bonds is 4. The van der Waals surface area contributed by atoms with Crippen molar-refractivity contribution in [2.24, 2.45) is 0 Å². The Morgan fingerprint density at radius 3 is 2.62 bits per heavy atom. The van der Waals surface area contributed by atoms with Crippen molar-refractivity contribution in [3.05, 3.63) is 40.4 Å². The average Bonchev–Trinajstić information content (AvgIpc) is 2.96. The number of nitriles is 1. The van der Waals surface area contributed by atoms with Gasteiger partial charge in [0.25, 0.3) is 0 Å². The maximum Gasteiger partial charge on any atom is 0.340 e. The second-order valence-electron chi connectivity index (χ2n) is 5.53. The number of anilines is 1. The third-order valence-corrected chi connectivity index (χ3v) is 5.02. The van der Waals surface area contributed by atoms with Gasteiger partial charge >= 0.3 is 5.97 Å². The predicted octanol–water partition coefficient (Wildman–Crippen LogP) is 3.91. The molecule has 0 aliphatic rings. The molecule has 0 bridgehead atoms. The number of aryl methyl sites for hydroxylation is 1. The number of hydrogen-bond donors (Lipinski definition) is 1. The minimum absolute atomic E-state index is 0.251. The number of thiophene rings is 1. The van der Waals surface area contributed by atoms with E-state index in [1.807, 2.05) is 12.1 Å². The highest BCUT2D eigenvalue weighted by Gasteiger charge is 2.25. The lowest BCUT2D eigenvalue weighted by Gasteiger charge is -2.14. The number of esters is 1. The van der Waals surface area contributed by atoms with Crippen molar-refractivity contribution in [3.8, 4) is 22.9 Å². The third-order valence-electron chi connectivity index (χ3n) is 4.02. The largest absolute Gasteiger partial charge is 0.497 e. The van der Waals surface area contributed by atoms with Crippen LogP contribution in [0.25, 0.3) is 21.3 Å². The number of fused-ring (bicyclic) bond motifs is 1. The van der Waals surface area contributed by atoms with Crippen LogP contribution in [0.5, 0.6) is 5.75 Å². The summed E-state index contributed by atoms with van der Waals surface area (Å²) in [6.45, 7) is 3.75. The topological polar surface area (TPSA) is 98.2 Å². The fourth-order valence-electron chi connectivity index (χ4n) is 2.85. The second-order valence-corrected chi connectivity index (χ2v) is 6.53. The fraction of sp³-hybridized carbons (Fsp3) is 0.211. The number of carbonyl (C=O) groups excluding carboxylic acids is 1. The molecule has 3 aromatic rings. The number of hydrogen-bond acceptors (Lipinski definition) is 7. The van der Waals surface area contributed by atoms with Gasteiger partial charge in [0, 0.05) is 10.9 Å². The Morgan fingerprint density at radius 2 is 2.04 bits per heavy atom. The fourth-order valence-corrected chi connectivity index (χ4v) is 3.80. The molecule has 0 aliphatic carbocycles. The van der Waals surface area contributed by atoms with Gasteiger partial charge in [-0.15, -0.1) is 11.3 Å². The number of benzene rings is 1. The van der Waals surface area contributed by atoms with Crippen molar-refractivity contribution < 1.29 is 14.3 Å². The quantitative estimate of drug-likeness (QED) is 0.702. The van der Waals surface area contributed by atoms with E-state index in [2.05, 4.69) is 11.1 Å². The molecule has 132 valence electrons. The number of aromatic nitrogens is 1. The summed E-state index contributed by atoms with van der Waals surface area (Å²) in [5.74, 6) is 0.235. The first-order chi connectivity index (χ1) is 12.5. The van der Waals surface area contributed by atoms with Gasteiger partial charge in [0.15, 0.2) is 0 Å². The minimum Gasteiger partial charge on any atom is -0.497 e. The van der Waals surface area contributed by atoms with Gasteiger partial charge in [-0.2, -0.15) is 5.26 Å². The summed E-state index contributed by atoms with van der Waals surface area (Å²) in [7, 11) is 1.59. The normalized spacial score (nSPS) is 10.5. The molecule has 1 aromatic carbocycles. The van der Waals surface area contributed by atoms with E-state index < -0.39 is 5.97 Å². The molecular formula is C19H17N3O3S. The Balaban J connectivity index is 2.41. The summed E-state index contributed by atoms with van der Waals surface area (Å²) in [5, 5.41) is 9.93. The van der Waals surface area contributed by atoms with Gasteiger partial charge < -0.3 is 15.2 Å². The molecule has 0 amide bonds. The molecule has 0 saturated heterocycles. The van der Waals surface area contributed by atoms with E-state index in [4.69, 9.17) is 15.2 Å². The number of pyridine rings is 1. The summed E-state index contributed by atoms with van der Waals surface area (Å²) in [6.07, 6.45) is 0. The Labute approximate surface area is 154 Å². The van der Waals surface area contributed by atoms with Crippen LogP contribution < -0.4 is 10.5 Å². The van der Waals surface area contributed by atoms with Crippen molar-refractivity contribution in [1.82, 2.24) is 4.98 Å². The molecular weight excluding hydrogens is 350 g/mol. The van der Waals surface area contributed by atoms with Crippen molar-refractivity contribution >= 4 is 33.2 Å². The smallest absolute Gasteiger partial charge is 0.340 e. The number of carbonyl (C=O) groups is 1. The van der Waals surface area contributed by atoms with Crippen molar-refractivity contribution in [1.29, 1.82) is 5.26 Å². The molecule has 7 heteroatoms. The molecule has 0 aliphatic heterocycles. The summed E-state index contributed by atoms with van der Waals surface area (Å²) in [6, 6.07) is 9.39. The van der Waals surface area contributed by atoms with Crippen LogP contribution in [-0.2, 0) is 4.74 Å². The van der Waals surface area contributed by atoms with E-state index in [0.717, 1.165) is 5.56 Å². The highest BCUT2D eigenvalue weighted by atomic mass is 32.1. The molecule has 0 fully saturated rings. The molecule has 2 heterocycles. The second kappa shape index (κ2) is 7.02. The van der Waals surface area contributed by atoms with Crippen LogP contribution in [0.1, 0.15) is 27.9 Å². The Morgan fingerprint density at radius 1 is 1.35 bits per heavy atom.